The molecule has 0 aromatic heterocycles. The fraction of sp³-hybridized carbons (Fsp3) is 0.333. The van der Waals surface area contributed by atoms with Crippen molar-refractivity contribution in [3.63, 3.8) is 0 Å². The summed E-state index contributed by atoms with van der Waals surface area (Å²) in [6, 6.07) is 13.2. The van der Waals surface area contributed by atoms with Gasteiger partial charge in [0.15, 0.2) is 0 Å². The number of hydrogen-bond acceptors (Lipinski definition) is 3. The Hall–Kier alpha value is -2.34. The molecule has 0 bridgehead atoms. The summed E-state index contributed by atoms with van der Waals surface area (Å²) in [5, 5.41) is 1.13. The van der Waals surface area contributed by atoms with Crippen molar-refractivity contribution in [2.45, 2.75) is 50.5 Å². The number of primary amides is 1. The van der Waals surface area contributed by atoms with Crippen LogP contribution in [-0.4, -0.2) is 28.9 Å². The highest BCUT2D eigenvalue weighted by Crippen LogP contribution is 2.44. The van der Waals surface area contributed by atoms with Crippen LogP contribution in [0.15, 0.2) is 61.2 Å². The molecule has 2 aromatic rings. The van der Waals surface area contributed by atoms with Gasteiger partial charge in [-0.1, -0.05) is 66.9 Å². The largest absolute Gasteiger partial charge is 0.368 e. The number of nitrogens with zero attached hydrogens (tertiary/aromatic N) is 1. The molecule has 7 heteroatoms. The first-order chi connectivity index (χ1) is 14.9. The van der Waals surface area contributed by atoms with Crippen molar-refractivity contribution in [3.8, 4) is 0 Å². The lowest BCUT2D eigenvalue weighted by molar-refractivity contribution is -0.180. The second-order valence-corrected chi connectivity index (χ2v) is 8.45. The lowest BCUT2D eigenvalue weighted by atomic mass is 9.89. The van der Waals surface area contributed by atoms with Crippen molar-refractivity contribution >= 4 is 35.0 Å². The van der Waals surface area contributed by atoms with Gasteiger partial charge >= 0.3 is 0 Å². The molecular weight excluding hydrogens is 435 g/mol. The minimum Gasteiger partial charge on any atom is -0.368 e. The number of amides is 2. The zero-order valence-electron chi connectivity index (χ0n) is 17.3. The lowest BCUT2D eigenvalue weighted by Gasteiger charge is -2.47. The van der Waals surface area contributed by atoms with Crippen molar-refractivity contribution < 1.29 is 14.3 Å². The molecule has 0 aliphatic carbocycles. The van der Waals surface area contributed by atoms with Crippen molar-refractivity contribution in [3.05, 3.63) is 82.4 Å². The fourth-order valence-electron chi connectivity index (χ4n) is 4.05. The van der Waals surface area contributed by atoms with Crippen LogP contribution in [0.5, 0.6) is 0 Å². The van der Waals surface area contributed by atoms with E-state index >= 15 is 0 Å². The molecule has 0 unspecified atom stereocenters. The van der Waals surface area contributed by atoms with Crippen LogP contribution < -0.4 is 5.73 Å². The molecule has 3 rings (SSSR count). The molecule has 1 aliphatic rings. The van der Waals surface area contributed by atoms with Gasteiger partial charge in [0.25, 0.3) is 5.91 Å². The van der Waals surface area contributed by atoms with Crippen LogP contribution in [-0.2, 0) is 14.3 Å². The predicted octanol–water partition coefficient (Wildman–Crippen LogP) is 5.23. The van der Waals surface area contributed by atoms with E-state index in [-0.39, 0.29) is 5.91 Å². The molecule has 1 saturated heterocycles. The summed E-state index contributed by atoms with van der Waals surface area (Å²) < 4.78 is 6.31. The van der Waals surface area contributed by atoms with E-state index in [2.05, 4.69) is 6.58 Å². The predicted molar refractivity (Wildman–Crippen MR) is 123 cm³/mol. The van der Waals surface area contributed by atoms with E-state index in [1.807, 2.05) is 37.3 Å². The van der Waals surface area contributed by atoms with Gasteiger partial charge in [0, 0.05) is 16.5 Å². The van der Waals surface area contributed by atoms with Gasteiger partial charge in [-0.05, 0) is 41.8 Å². The summed E-state index contributed by atoms with van der Waals surface area (Å²) in [5.41, 5.74) is 7.37. The van der Waals surface area contributed by atoms with E-state index in [1.54, 1.807) is 29.2 Å². The first kappa shape index (κ1) is 23.3. The van der Waals surface area contributed by atoms with Gasteiger partial charge in [-0.3, -0.25) is 9.59 Å². The number of benzene rings is 2. The lowest BCUT2D eigenvalue weighted by Crippen LogP contribution is -2.58. The number of hydrogen-bond donors (Lipinski definition) is 1. The maximum atomic E-state index is 13.5. The molecule has 1 heterocycles. The zero-order chi connectivity index (χ0) is 22.5. The maximum absolute atomic E-state index is 13.5. The Labute approximate surface area is 192 Å². The van der Waals surface area contributed by atoms with Gasteiger partial charge in [-0.25, -0.2) is 0 Å². The monoisotopic (exact) mass is 460 g/mol. The average Bonchev–Trinajstić information content (AvgIpc) is 2.74. The molecule has 1 fully saturated rings. The summed E-state index contributed by atoms with van der Waals surface area (Å²) in [4.78, 5) is 27.6. The second-order valence-electron chi connectivity index (χ2n) is 7.57. The Morgan fingerprint density at radius 1 is 1.19 bits per heavy atom. The Balaban J connectivity index is 2.20. The van der Waals surface area contributed by atoms with E-state index < -0.39 is 30.2 Å². The van der Waals surface area contributed by atoms with Crippen LogP contribution in [0.2, 0.25) is 10.0 Å². The number of rotatable bonds is 8. The third-order valence-electron chi connectivity index (χ3n) is 5.42. The molecule has 31 heavy (non-hydrogen) atoms. The Bertz CT molecular complexity index is 948. The minimum atomic E-state index is -0.774. The fourth-order valence-corrected chi connectivity index (χ4v) is 4.37. The SMILES string of the molecule is C=CC[C@@H]1O[C@@H](c2cccc(Cl)c2)[C@@H](c2ccc(Cl)cc2)N([C@H](CCC)C(N)=O)C1=O. The molecule has 0 saturated carbocycles. The molecule has 2 N–H and O–H groups in total. The molecular formula is C24H26Cl2N2O3. The molecule has 0 spiro atoms. The minimum absolute atomic E-state index is 0.282. The number of ether oxygens (including phenoxy) is 1. The Kier molecular flexibility index (Phi) is 7.76. The van der Waals surface area contributed by atoms with Crippen LogP contribution in [0.1, 0.15) is 49.5 Å². The zero-order valence-corrected chi connectivity index (χ0v) is 18.9. The summed E-state index contributed by atoms with van der Waals surface area (Å²) in [6.45, 7) is 5.70. The third-order valence-corrected chi connectivity index (χ3v) is 5.91. The third kappa shape index (κ3) is 5.12. The second kappa shape index (κ2) is 10.3. The highest BCUT2D eigenvalue weighted by molar-refractivity contribution is 6.30. The molecule has 0 radical (unpaired) electrons. The number of carbonyl (C=O) groups is 2. The first-order valence-corrected chi connectivity index (χ1v) is 11.0. The normalized spacial score (nSPS) is 22.2. The summed E-state index contributed by atoms with van der Waals surface area (Å²) in [7, 11) is 0. The summed E-state index contributed by atoms with van der Waals surface area (Å²) >= 11 is 12.4. The highest BCUT2D eigenvalue weighted by atomic mass is 35.5. The van der Waals surface area contributed by atoms with Gasteiger partial charge in [0.05, 0.1) is 6.04 Å². The molecule has 5 nitrogen and oxygen atoms in total. The quantitative estimate of drug-likeness (QED) is 0.547. The number of nitrogens with two attached hydrogens (primary N) is 1. The van der Waals surface area contributed by atoms with Crippen molar-refractivity contribution in [2.24, 2.45) is 5.73 Å². The molecule has 164 valence electrons. The van der Waals surface area contributed by atoms with E-state index in [0.29, 0.717) is 29.3 Å². The van der Waals surface area contributed by atoms with Crippen LogP contribution in [0.25, 0.3) is 0 Å². The average molecular weight is 461 g/mol. The maximum Gasteiger partial charge on any atom is 0.253 e. The molecule has 4 atom stereocenters. The van der Waals surface area contributed by atoms with E-state index in [4.69, 9.17) is 33.7 Å². The molecule has 1 aliphatic heterocycles. The number of halogens is 2. The molecule has 2 aromatic carbocycles. The Morgan fingerprint density at radius 3 is 2.48 bits per heavy atom. The number of carbonyl (C=O) groups excluding carboxylic acids is 2. The van der Waals surface area contributed by atoms with E-state index in [0.717, 1.165) is 11.1 Å². The highest BCUT2D eigenvalue weighted by Gasteiger charge is 2.47. The van der Waals surface area contributed by atoms with Crippen molar-refractivity contribution in [1.29, 1.82) is 0 Å². The first-order valence-electron chi connectivity index (χ1n) is 10.3. The van der Waals surface area contributed by atoms with Gasteiger partial charge in [-0.2, -0.15) is 0 Å². The Morgan fingerprint density at radius 2 is 1.90 bits per heavy atom. The van der Waals surface area contributed by atoms with Crippen LogP contribution in [0.4, 0.5) is 0 Å². The van der Waals surface area contributed by atoms with Gasteiger partial charge in [0.1, 0.15) is 18.2 Å². The van der Waals surface area contributed by atoms with Gasteiger partial charge in [0.2, 0.25) is 5.91 Å². The summed E-state index contributed by atoms with van der Waals surface area (Å²) in [5.74, 6) is -0.825. The smallest absolute Gasteiger partial charge is 0.253 e. The topological polar surface area (TPSA) is 72.6 Å². The van der Waals surface area contributed by atoms with Crippen molar-refractivity contribution in [2.75, 3.05) is 0 Å². The molecule has 2 amide bonds. The van der Waals surface area contributed by atoms with Crippen LogP contribution >= 0.6 is 23.2 Å². The summed E-state index contributed by atoms with van der Waals surface area (Å²) in [6.07, 6.45) is 1.77. The van der Waals surface area contributed by atoms with Crippen LogP contribution in [0.3, 0.4) is 0 Å². The van der Waals surface area contributed by atoms with Gasteiger partial charge in [-0.15, -0.1) is 6.58 Å². The van der Waals surface area contributed by atoms with E-state index in [1.165, 1.54) is 0 Å². The number of morpholine rings is 1. The van der Waals surface area contributed by atoms with Crippen LogP contribution in [0, 0.1) is 0 Å². The standard InChI is InChI=1S/C24H26Cl2N2O3/c1-3-6-19(23(27)29)28-21(15-10-12-17(25)13-11-15)22(16-8-5-9-18(26)14-16)31-20(7-4-2)24(28)30/h4-5,8-14,19-22H,2-3,6-7H2,1H3,(H2,27,29)/t19-,20+,21-,22+/m1/s1. The van der Waals surface area contributed by atoms with E-state index in [9.17, 15) is 9.59 Å². The van der Waals surface area contributed by atoms with Gasteiger partial charge < -0.3 is 15.4 Å². The van der Waals surface area contributed by atoms with Crippen molar-refractivity contribution in [1.82, 2.24) is 4.90 Å².